The molecule has 0 heterocycles. The third-order valence-corrected chi connectivity index (χ3v) is 3.77. The molecule has 0 saturated heterocycles. The van der Waals surface area contributed by atoms with Crippen molar-refractivity contribution < 1.29 is 0 Å². The molecule has 0 saturated carbocycles. The van der Waals surface area contributed by atoms with Crippen molar-refractivity contribution in [1.29, 1.82) is 5.41 Å². The van der Waals surface area contributed by atoms with Gasteiger partial charge in [-0.3, -0.25) is 10.3 Å². The van der Waals surface area contributed by atoms with Gasteiger partial charge in [-0.15, -0.1) is 0 Å². The summed E-state index contributed by atoms with van der Waals surface area (Å²) >= 11 is 0. The molecule has 1 aromatic carbocycles. The Labute approximate surface area is 123 Å². The molecule has 0 amide bonds. The van der Waals surface area contributed by atoms with Gasteiger partial charge in [0.1, 0.15) is 0 Å². The van der Waals surface area contributed by atoms with Gasteiger partial charge in [-0.25, -0.2) is 0 Å². The minimum absolute atomic E-state index is 0.000210. The highest BCUT2D eigenvalue weighted by atomic mass is 15.1. The summed E-state index contributed by atoms with van der Waals surface area (Å²) < 4.78 is 0. The Morgan fingerprint density at radius 3 is 2.35 bits per heavy atom. The van der Waals surface area contributed by atoms with Gasteiger partial charge >= 0.3 is 0 Å². The Kier molecular flexibility index (Phi) is 7.31. The highest BCUT2D eigenvalue weighted by Gasteiger charge is 2.20. The minimum Gasteiger partial charge on any atom is -0.387 e. The van der Waals surface area contributed by atoms with E-state index < -0.39 is 0 Å². The molecule has 1 aromatic rings. The van der Waals surface area contributed by atoms with Gasteiger partial charge in [0.15, 0.2) is 0 Å². The monoisotopic (exact) mass is 275 g/mol. The lowest BCUT2D eigenvalue weighted by Crippen LogP contribution is -2.39. The molecule has 0 aromatic heterocycles. The van der Waals surface area contributed by atoms with Crippen molar-refractivity contribution in [2.24, 2.45) is 5.73 Å². The zero-order valence-electron chi connectivity index (χ0n) is 13.1. The normalized spacial score (nSPS) is 12.8. The van der Waals surface area contributed by atoms with Crippen LogP contribution in [0, 0.1) is 5.41 Å². The molecule has 0 aliphatic carbocycles. The summed E-state index contributed by atoms with van der Waals surface area (Å²) in [7, 11) is 0. The number of nitrogens with one attached hydrogen (secondary N) is 1. The summed E-state index contributed by atoms with van der Waals surface area (Å²) in [6, 6.07) is 10.6. The first-order chi connectivity index (χ1) is 9.56. The summed E-state index contributed by atoms with van der Waals surface area (Å²) in [4.78, 5) is 2.44. The fourth-order valence-corrected chi connectivity index (χ4v) is 2.43. The fraction of sp³-hybridized carbons (Fsp3) is 0.588. The van der Waals surface area contributed by atoms with E-state index in [1.165, 1.54) is 19.3 Å². The molecule has 1 rings (SSSR count). The maximum Gasteiger partial charge on any atom is 0.0995 e. The van der Waals surface area contributed by atoms with Gasteiger partial charge in [-0.05, 0) is 32.4 Å². The number of amidine groups is 1. The maximum absolute atomic E-state index is 7.89. The molecule has 0 bridgehead atoms. The SMILES string of the molecule is CCCCCN(CC(C(=N)N)c1ccccc1)C(C)C. The zero-order valence-corrected chi connectivity index (χ0v) is 13.1. The van der Waals surface area contributed by atoms with Gasteiger partial charge < -0.3 is 5.73 Å². The summed E-state index contributed by atoms with van der Waals surface area (Å²) in [5.74, 6) is 0.262. The number of hydrogen-bond acceptors (Lipinski definition) is 2. The van der Waals surface area contributed by atoms with E-state index in [-0.39, 0.29) is 11.8 Å². The van der Waals surface area contributed by atoms with Gasteiger partial charge in [0, 0.05) is 12.6 Å². The third kappa shape index (κ3) is 5.33. The second-order valence-corrected chi connectivity index (χ2v) is 5.71. The Balaban J connectivity index is 2.74. The molecule has 0 spiro atoms. The first-order valence-corrected chi connectivity index (χ1v) is 7.69. The van der Waals surface area contributed by atoms with E-state index in [4.69, 9.17) is 11.1 Å². The maximum atomic E-state index is 7.89. The second kappa shape index (κ2) is 8.75. The van der Waals surface area contributed by atoms with Gasteiger partial charge in [0.25, 0.3) is 0 Å². The van der Waals surface area contributed by atoms with Crippen molar-refractivity contribution in [1.82, 2.24) is 4.90 Å². The zero-order chi connectivity index (χ0) is 15.0. The van der Waals surface area contributed by atoms with Crippen LogP contribution in [0.5, 0.6) is 0 Å². The van der Waals surface area contributed by atoms with E-state index in [9.17, 15) is 0 Å². The Bertz CT molecular complexity index is 386. The largest absolute Gasteiger partial charge is 0.387 e. The quantitative estimate of drug-likeness (QED) is 0.411. The lowest BCUT2D eigenvalue weighted by molar-refractivity contribution is 0.214. The van der Waals surface area contributed by atoms with Crippen LogP contribution in [-0.4, -0.2) is 29.9 Å². The van der Waals surface area contributed by atoms with Gasteiger partial charge in [-0.1, -0.05) is 50.1 Å². The second-order valence-electron chi connectivity index (χ2n) is 5.71. The van der Waals surface area contributed by atoms with E-state index in [0.29, 0.717) is 6.04 Å². The molecule has 0 aliphatic rings. The number of nitrogens with zero attached hydrogens (tertiary/aromatic N) is 1. The average Bonchev–Trinajstić information content (AvgIpc) is 2.43. The van der Waals surface area contributed by atoms with Crippen molar-refractivity contribution >= 4 is 5.84 Å². The summed E-state index contributed by atoms with van der Waals surface area (Å²) in [5.41, 5.74) is 6.97. The number of unbranched alkanes of at least 4 members (excludes halogenated alkanes) is 2. The van der Waals surface area contributed by atoms with Crippen LogP contribution in [0.4, 0.5) is 0 Å². The van der Waals surface area contributed by atoms with E-state index in [1.807, 2.05) is 18.2 Å². The van der Waals surface area contributed by atoms with Gasteiger partial charge in [0.05, 0.1) is 11.8 Å². The standard InChI is InChI=1S/C17H29N3/c1-4-5-9-12-20(14(2)3)13-16(17(18)19)15-10-7-6-8-11-15/h6-8,10-11,14,16H,4-5,9,12-13H2,1-3H3,(H3,18,19). The minimum atomic E-state index is 0.000210. The fourth-order valence-electron chi connectivity index (χ4n) is 2.43. The predicted molar refractivity (Wildman–Crippen MR) is 87.3 cm³/mol. The van der Waals surface area contributed by atoms with Crippen molar-refractivity contribution in [3.63, 3.8) is 0 Å². The van der Waals surface area contributed by atoms with Crippen LogP contribution < -0.4 is 5.73 Å². The number of benzene rings is 1. The molecular weight excluding hydrogens is 246 g/mol. The first kappa shape index (κ1) is 16.7. The van der Waals surface area contributed by atoms with E-state index >= 15 is 0 Å². The van der Waals surface area contributed by atoms with Gasteiger partial charge in [-0.2, -0.15) is 0 Å². The predicted octanol–water partition coefficient (Wildman–Crippen LogP) is 3.61. The molecular formula is C17H29N3. The van der Waals surface area contributed by atoms with E-state index in [0.717, 1.165) is 18.7 Å². The Morgan fingerprint density at radius 1 is 1.20 bits per heavy atom. The van der Waals surface area contributed by atoms with Crippen LogP contribution in [-0.2, 0) is 0 Å². The van der Waals surface area contributed by atoms with Crippen molar-refractivity contribution in [3.05, 3.63) is 35.9 Å². The van der Waals surface area contributed by atoms with Crippen LogP contribution in [0.3, 0.4) is 0 Å². The molecule has 0 radical (unpaired) electrons. The topological polar surface area (TPSA) is 53.1 Å². The summed E-state index contributed by atoms with van der Waals surface area (Å²) in [6.45, 7) is 8.58. The van der Waals surface area contributed by atoms with Crippen molar-refractivity contribution in [2.75, 3.05) is 13.1 Å². The lowest BCUT2D eigenvalue weighted by atomic mass is 9.96. The molecule has 0 aliphatic heterocycles. The van der Waals surface area contributed by atoms with Crippen molar-refractivity contribution in [2.45, 2.75) is 52.0 Å². The van der Waals surface area contributed by atoms with Crippen LogP contribution in [0.25, 0.3) is 0 Å². The molecule has 3 heteroatoms. The van der Waals surface area contributed by atoms with Crippen molar-refractivity contribution in [3.8, 4) is 0 Å². The summed E-state index contributed by atoms with van der Waals surface area (Å²) in [6.07, 6.45) is 3.72. The Morgan fingerprint density at radius 2 is 1.85 bits per heavy atom. The highest BCUT2D eigenvalue weighted by Crippen LogP contribution is 2.18. The van der Waals surface area contributed by atoms with Crippen LogP contribution >= 0.6 is 0 Å². The molecule has 0 fully saturated rings. The highest BCUT2D eigenvalue weighted by molar-refractivity contribution is 5.84. The summed E-state index contributed by atoms with van der Waals surface area (Å²) in [5, 5.41) is 7.89. The molecule has 3 nitrogen and oxygen atoms in total. The van der Waals surface area contributed by atoms with Crippen LogP contribution in [0.1, 0.15) is 51.5 Å². The van der Waals surface area contributed by atoms with E-state index in [2.05, 4.69) is 37.8 Å². The number of rotatable bonds is 9. The third-order valence-electron chi connectivity index (χ3n) is 3.77. The lowest BCUT2D eigenvalue weighted by Gasteiger charge is -2.30. The molecule has 1 unspecified atom stereocenters. The van der Waals surface area contributed by atoms with E-state index in [1.54, 1.807) is 0 Å². The Hall–Kier alpha value is -1.35. The molecule has 3 N–H and O–H groups in total. The molecule has 112 valence electrons. The molecule has 1 atom stereocenters. The first-order valence-electron chi connectivity index (χ1n) is 7.69. The molecule has 20 heavy (non-hydrogen) atoms. The average molecular weight is 275 g/mol. The van der Waals surface area contributed by atoms with Crippen LogP contribution in [0.15, 0.2) is 30.3 Å². The van der Waals surface area contributed by atoms with Gasteiger partial charge in [0.2, 0.25) is 0 Å². The van der Waals surface area contributed by atoms with Crippen LogP contribution in [0.2, 0.25) is 0 Å². The number of nitrogens with two attached hydrogens (primary N) is 1. The number of hydrogen-bond donors (Lipinski definition) is 2. The smallest absolute Gasteiger partial charge is 0.0995 e.